The molecular weight excluding hydrogens is 406 g/mol. The molecule has 1 atom stereocenters. The van der Waals surface area contributed by atoms with Crippen molar-refractivity contribution in [2.45, 2.75) is 39.5 Å². The van der Waals surface area contributed by atoms with Crippen molar-refractivity contribution >= 4 is 45.5 Å². The van der Waals surface area contributed by atoms with Crippen LogP contribution in [0, 0.1) is 5.92 Å². The van der Waals surface area contributed by atoms with Crippen molar-refractivity contribution in [1.29, 1.82) is 0 Å². The predicted octanol–water partition coefficient (Wildman–Crippen LogP) is 3.89. The summed E-state index contributed by atoms with van der Waals surface area (Å²) in [7, 11) is 0. The zero-order chi connectivity index (χ0) is 21.0. The monoisotopic (exact) mass is 431 g/mol. The molecule has 1 aromatic heterocycles. The Kier molecular flexibility index (Phi) is 6.87. The number of hydrogen-bond donors (Lipinski definition) is 3. The van der Waals surface area contributed by atoms with Gasteiger partial charge in [0.1, 0.15) is 10.8 Å². The smallest absolute Gasteiger partial charge is 0.257 e. The van der Waals surface area contributed by atoms with Crippen molar-refractivity contribution < 1.29 is 14.3 Å². The van der Waals surface area contributed by atoms with Crippen LogP contribution in [-0.2, 0) is 12.8 Å². The fourth-order valence-electron chi connectivity index (χ4n) is 3.36. The average molecular weight is 432 g/mol. The summed E-state index contributed by atoms with van der Waals surface area (Å²) >= 11 is 6.79. The summed E-state index contributed by atoms with van der Waals surface area (Å²) < 4.78 is 5.57. The number of rotatable bonds is 6. The third kappa shape index (κ3) is 5.13. The predicted molar refractivity (Wildman–Crippen MR) is 120 cm³/mol. The van der Waals surface area contributed by atoms with E-state index in [-0.39, 0.29) is 11.0 Å². The molecule has 0 bridgehead atoms. The number of fused-ring (bicyclic) bond motifs is 1. The first kappa shape index (κ1) is 21.3. The van der Waals surface area contributed by atoms with Crippen LogP contribution >= 0.6 is 23.6 Å². The Hall–Kier alpha value is -2.45. The van der Waals surface area contributed by atoms with E-state index in [9.17, 15) is 9.59 Å². The Morgan fingerprint density at radius 3 is 2.90 bits per heavy atom. The van der Waals surface area contributed by atoms with Gasteiger partial charge in [0, 0.05) is 10.4 Å². The molecule has 2 amide bonds. The number of thiocarbonyl (C=S) groups is 1. The third-order valence-electron chi connectivity index (χ3n) is 4.78. The molecule has 2 aromatic rings. The Balaban J connectivity index is 1.71. The highest BCUT2D eigenvalue weighted by atomic mass is 32.1. The number of anilines is 1. The highest BCUT2D eigenvalue weighted by molar-refractivity contribution is 7.80. The highest BCUT2D eigenvalue weighted by Crippen LogP contribution is 2.39. The fraction of sp³-hybridized carbons (Fsp3) is 0.381. The maximum absolute atomic E-state index is 12.5. The minimum Gasteiger partial charge on any atom is -0.494 e. The van der Waals surface area contributed by atoms with Crippen LogP contribution in [0.1, 0.15) is 57.8 Å². The Morgan fingerprint density at radius 2 is 2.17 bits per heavy atom. The number of thiophene rings is 1. The molecule has 0 saturated carbocycles. The average Bonchev–Trinajstić information content (AvgIpc) is 3.03. The summed E-state index contributed by atoms with van der Waals surface area (Å²) in [5.41, 5.74) is 7.57. The van der Waals surface area contributed by atoms with Gasteiger partial charge in [-0.1, -0.05) is 19.9 Å². The molecule has 154 valence electrons. The molecule has 3 rings (SSSR count). The molecule has 6 nitrogen and oxygen atoms in total. The van der Waals surface area contributed by atoms with E-state index in [4.69, 9.17) is 22.7 Å². The van der Waals surface area contributed by atoms with Crippen molar-refractivity contribution in [3.05, 3.63) is 45.8 Å². The van der Waals surface area contributed by atoms with E-state index in [1.807, 2.05) is 6.92 Å². The van der Waals surface area contributed by atoms with E-state index in [2.05, 4.69) is 17.6 Å². The van der Waals surface area contributed by atoms with Gasteiger partial charge in [-0.2, -0.15) is 0 Å². The minimum atomic E-state index is -0.477. The van der Waals surface area contributed by atoms with Crippen LogP contribution in [-0.4, -0.2) is 23.5 Å². The summed E-state index contributed by atoms with van der Waals surface area (Å²) in [4.78, 5) is 25.7. The first-order valence-electron chi connectivity index (χ1n) is 9.68. The van der Waals surface area contributed by atoms with E-state index >= 15 is 0 Å². The van der Waals surface area contributed by atoms with Crippen molar-refractivity contribution in [2.75, 3.05) is 11.9 Å². The molecular formula is C21H25N3O3S2. The molecule has 0 radical (unpaired) electrons. The lowest BCUT2D eigenvalue weighted by atomic mass is 9.88. The molecule has 8 heteroatoms. The standard InChI is InChI=1S/C21H25N3O3S2/c1-3-9-27-14-6-4-5-13(11-14)19(26)23-21(28)24-20-17(18(22)25)15-8-7-12(2)10-16(15)29-20/h4-6,11-12H,3,7-10H2,1-2H3,(H2,22,25)(H2,23,24,26,28). The highest BCUT2D eigenvalue weighted by Gasteiger charge is 2.27. The maximum atomic E-state index is 12.5. The molecule has 1 aromatic carbocycles. The van der Waals surface area contributed by atoms with Crippen molar-refractivity contribution in [3.63, 3.8) is 0 Å². The topological polar surface area (TPSA) is 93.4 Å². The first-order valence-corrected chi connectivity index (χ1v) is 10.9. The van der Waals surface area contributed by atoms with Gasteiger partial charge in [0.25, 0.3) is 11.8 Å². The van der Waals surface area contributed by atoms with Crippen LogP contribution in [0.4, 0.5) is 5.00 Å². The van der Waals surface area contributed by atoms with Crippen LogP contribution in [0.15, 0.2) is 24.3 Å². The van der Waals surface area contributed by atoms with E-state index in [1.165, 1.54) is 11.3 Å². The van der Waals surface area contributed by atoms with E-state index in [0.29, 0.717) is 34.4 Å². The first-order chi connectivity index (χ1) is 13.9. The fourth-order valence-corrected chi connectivity index (χ4v) is 5.04. The maximum Gasteiger partial charge on any atom is 0.257 e. The number of nitrogens with one attached hydrogen (secondary N) is 2. The lowest BCUT2D eigenvalue weighted by Gasteiger charge is -2.18. The van der Waals surface area contributed by atoms with Crippen LogP contribution in [0.2, 0.25) is 0 Å². The molecule has 0 aliphatic heterocycles. The summed E-state index contributed by atoms with van der Waals surface area (Å²) in [5.74, 6) is 0.382. The van der Waals surface area contributed by atoms with Crippen molar-refractivity contribution in [2.24, 2.45) is 11.7 Å². The lowest BCUT2D eigenvalue weighted by molar-refractivity contribution is 0.0975. The molecule has 1 aliphatic carbocycles. The van der Waals surface area contributed by atoms with Gasteiger partial charge in [0.2, 0.25) is 0 Å². The van der Waals surface area contributed by atoms with Gasteiger partial charge in [-0.15, -0.1) is 11.3 Å². The Morgan fingerprint density at radius 1 is 1.38 bits per heavy atom. The molecule has 0 spiro atoms. The van der Waals surface area contributed by atoms with Crippen LogP contribution < -0.4 is 21.1 Å². The molecule has 4 N–H and O–H groups in total. The van der Waals surface area contributed by atoms with Gasteiger partial charge in [0.15, 0.2) is 5.11 Å². The van der Waals surface area contributed by atoms with Gasteiger partial charge in [0.05, 0.1) is 12.2 Å². The van der Waals surface area contributed by atoms with Gasteiger partial charge in [-0.3, -0.25) is 14.9 Å². The molecule has 0 fully saturated rings. The van der Waals surface area contributed by atoms with Gasteiger partial charge < -0.3 is 15.8 Å². The summed E-state index contributed by atoms with van der Waals surface area (Å²) in [6, 6.07) is 6.93. The number of ether oxygens (including phenoxy) is 1. The van der Waals surface area contributed by atoms with Gasteiger partial charge in [-0.05, 0) is 67.6 Å². The normalized spacial score (nSPS) is 15.3. The second-order valence-electron chi connectivity index (χ2n) is 7.20. The number of carbonyl (C=O) groups is 2. The molecule has 0 saturated heterocycles. The van der Waals surface area contributed by atoms with E-state index < -0.39 is 5.91 Å². The lowest BCUT2D eigenvalue weighted by Crippen LogP contribution is -2.34. The number of benzene rings is 1. The van der Waals surface area contributed by atoms with Gasteiger partial charge >= 0.3 is 0 Å². The zero-order valence-corrected chi connectivity index (χ0v) is 18.2. The third-order valence-corrected chi connectivity index (χ3v) is 6.16. The largest absolute Gasteiger partial charge is 0.494 e. The zero-order valence-electron chi connectivity index (χ0n) is 16.5. The van der Waals surface area contributed by atoms with Crippen LogP contribution in [0.3, 0.4) is 0 Å². The minimum absolute atomic E-state index is 0.129. The molecule has 1 aliphatic rings. The number of carbonyl (C=O) groups excluding carboxylic acids is 2. The SMILES string of the molecule is CCCOc1cccc(C(=O)NC(=S)Nc2sc3c(c2C(N)=O)CCC(C)C3)c1. The Bertz CT molecular complexity index is 939. The number of nitrogens with two attached hydrogens (primary N) is 1. The number of amides is 2. The second-order valence-corrected chi connectivity index (χ2v) is 8.72. The van der Waals surface area contributed by atoms with Crippen molar-refractivity contribution in [3.8, 4) is 5.75 Å². The van der Waals surface area contributed by atoms with Crippen molar-refractivity contribution in [1.82, 2.24) is 5.32 Å². The van der Waals surface area contributed by atoms with Crippen LogP contribution in [0.25, 0.3) is 0 Å². The number of hydrogen-bond acceptors (Lipinski definition) is 5. The van der Waals surface area contributed by atoms with E-state index in [1.54, 1.807) is 24.3 Å². The summed E-state index contributed by atoms with van der Waals surface area (Å²) in [6.45, 7) is 4.80. The summed E-state index contributed by atoms with van der Waals surface area (Å²) in [6.07, 6.45) is 3.67. The number of primary amides is 1. The molecule has 29 heavy (non-hydrogen) atoms. The molecule has 1 unspecified atom stereocenters. The quantitative estimate of drug-likeness (QED) is 0.604. The van der Waals surface area contributed by atoms with Crippen LogP contribution in [0.5, 0.6) is 5.75 Å². The summed E-state index contributed by atoms with van der Waals surface area (Å²) in [5, 5.41) is 6.39. The second kappa shape index (κ2) is 9.37. The molecule has 1 heterocycles. The Labute approximate surface area is 179 Å². The van der Waals surface area contributed by atoms with Gasteiger partial charge in [-0.25, -0.2) is 0 Å². The van der Waals surface area contributed by atoms with E-state index in [0.717, 1.165) is 36.1 Å².